The molecule has 162 valence electrons. The van der Waals surface area contributed by atoms with Gasteiger partial charge < -0.3 is 14.9 Å². The highest BCUT2D eigenvalue weighted by Gasteiger charge is 2.68. The molecule has 1 heterocycles. The first kappa shape index (κ1) is 20.3. The van der Waals surface area contributed by atoms with Gasteiger partial charge in [0.15, 0.2) is 0 Å². The number of hydrogen-bond donors (Lipinski definition) is 2. The minimum Gasteiger partial charge on any atom is -0.396 e. The maximum atomic E-state index is 10.5. The predicted octanol–water partition coefficient (Wildman–Crippen LogP) is 4.72. The first-order valence-corrected chi connectivity index (χ1v) is 12.2. The van der Waals surface area contributed by atoms with Gasteiger partial charge in [-0.1, -0.05) is 27.4 Å². The van der Waals surface area contributed by atoms with Crippen LogP contribution in [0, 0.1) is 46.3 Å². The van der Waals surface area contributed by atoms with E-state index >= 15 is 0 Å². The number of rotatable bonds is 3. The summed E-state index contributed by atoms with van der Waals surface area (Å²) in [5, 5.41) is 20.0. The van der Waals surface area contributed by atoms with Gasteiger partial charge in [0.05, 0.1) is 12.2 Å². The minimum absolute atomic E-state index is 0.186. The molecule has 29 heavy (non-hydrogen) atoms. The second kappa shape index (κ2) is 6.95. The Morgan fingerprint density at radius 1 is 1.14 bits per heavy atom. The smallest absolute Gasteiger partial charge is 0.113 e. The molecule has 2 unspecified atom stereocenters. The molecule has 4 aliphatic carbocycles. The van der Waals surface area contributed by atoms with Gasteiger partial charge in [0.2, 0.25) is 0 Å². The lowest BCUT2D eigenvalue weighted by Crippen LogP contribution is -2.51. The number of fused-ring (bicyclic) bond motifs is 7. The van der Waals surface area contributed by atoms with Gasteiger partial charge >= 0.3 is 0 Å². The maximum absolute atomic E-state index is 10.5. The van der Waals surface area contributed by atoms with Gasteiger partial charge in [0.25, 0.3) is 0 Å². The third-order valence-corrected chi connectivity index (χ3v) is 10.6. The van der Waals surface area contributed by atoms with Crippen LogP contribution < -0.4 is 0 Å². The fraction of sp³-hybridized carbons (Fsp3) is 0.885. The summed E-state index contributed by atoms with van der Waals surface area (Å²) >= 11 is 0. The van der Waals surface area contributed by atoms with Crippen LogP contribution in [0.2, 0.25) is 0 Å². The number of hydrogen-bond acceptors (Lipinski definition) is 3. The Morgan fingerprint density at radius 2 is 1.86 bits per heavy atom. The average molecular weight is 401 g/mol. The van der Waals surface area contributed by atoms with Gasteiger partial charge in [-0.2, -0.15) is 0 Å². The van der Waals surface area contributed by atoms with E-state index in [1.165, 1.54) is 31.3 Å². The van der Waals surface area contributed by atoms with Crippen LogP contribution in [0.4, 0.5) is 0 Å². The normalized spacial score (nSPS) is 54.3. The molecule has 4 saturated carbocycles. The molecule has 0 aromatic carbocycles. The molecular formula is C26H40O3. The zero-order valence-corrected chi connectivity index (χ0v) is 18.6. The predicted molar refractivity (Wildman–Crippen MR) is 114 cm³/mol. The van der Waals surface area contributed by atoms with Crippen LogP contribution in [0.15, 0.2) is 17.9 Å². The lowest BCUT2D eigenvalue weighted by atomic mass is 9.48. The SMILES string of the molecule is C=C=C1C2OC2[C@@H]2[C@H](CC[C@]3(C)[C@@H]([C@H](C)CCO)CC[C@@H]23)[C@@]2(C)CC[C@@H](O)C[C@@H]12. The molecule has 5 aliphatic rings. The van der Waals surface area contributed by atoms with Crippen molar-refractivity contribution in [3.63, 3.8) is 0 Å². The third kappa shape index (κ3) is 2.80. The second-order valence-corrected chi connectivity index (χ2v) is 11.6. The van der Waals surface area contributed by atoms with E-state index in [1.54, 1.807) is 0 Å². The van der Waals surface area contributed by atoms with Crippen LogP contribution in [-0.4, -0.2) is 35.1 Å². The standard InChI is InChI=1S/C26H40O3/c1-5-17-21-14-16(28)8-11-26(21,4)20-9-12-25(3)18(15(2)10-13-27)6-7-19(25)22(20)24-23(17)29-24/h15-16,18-24,27-28H,1,6-14H2,2-4H3/t15-,16-,18-,19+,20+,21+,22+,23?,24?,25-,26-/m1/s1. The molecule has 0 aromatic heterocycles. The van der Waals surface area contributed by atoms with Gasteiger partial charge in [0, 0.05) is 12.2 Å². The minimum atomic E-state index is -0.186. The molecule has 0 spiro atoms. The lowest BCUT2D eigenvalue weighted by Gasteiger charge is -2.57. The van der Waals surface area contributed by atoms with Crippen molar-refractivity contribution >= 4 is 0 Å². The Labute approximate surface area is 176 Å². The second-order valence-electron chi connectivity index (χ2n) is 11.6. The van der Waals surface area contributed by atoms with Crippen molar-refractivity contribution < 1.29 is 14.9 Å². The van der Waals surface area contributed by atoms with Gasteiger partial charge in [-0.3, -0.25) is 0 Å². The third-order valence-electron chi connectivity index (χ3n) is 10.6. The van der Waals surface area contributed by atoms with E-state index in [-0.39, 0.29) is 17.6 Å². The highest BCUT2D eigenvalue weighted by molar-refractivity contribution is 5.29. The Hall–Kier alpha value is -0.600. The molecule has 2 N–H and O–H groups in total. The lowest BCUT2D eigenvalue weighted by molar-refractivity contribution is -0.0948. The molecule has 0 aromatic rings. The van der Waals surface area contributed by atoms with Gasteiger partial charge in [0.1, 0.15) is 6.10 Å². The zero-order chi connectivity index (χ0) is 20.6. The molecule has 0 amide bonds. The fourth-order valence-electron chi connectivity index (χ4n) is 9.13. The average Bonchev–Trinajstić information content (AvgIpc) is 3.38. The fourth-order valence-corrected chi connectivity index (χ4v) is 9.13. The number of epoxide rings is 1. The summed E-state index contributed by atoms with van der Waals surface area (Å²) in [5.74, 6) is 3.77. The van der Waals surface area contributed by atoms with Crippen LogP contribution in [-0.2, 0) is 4.74 Å². The van der Waals surface area contributed by atoms with Gasteiger partial charge in [-0.25, -0.2) is 0 Å². The number of ether oxygens (including phenoxy) is 1. The highest BCUT2D eigenvalue weighted by atomic mass is 16.6. The van der Waals surface area contributed by atoms with Crippen molar-refractivity contribution in [3.05, 3.63) is 17.9 Å². The summed E-state index contributed by atoms with van der Waals surface area (Å²) in [6.07, 6.45) is 9.46. The Bertz CT molecular complexity index is 711. The molecule has 0 radical (unpaired) electrons. The van der Waals surface area contributed by atoms with Crippen molar-refractivity contribution in [1.82, 2.24) is 0 Å². The van der Waals surface area contributed by atoms with E-state index in [1.807, 2.05) is 0 Å². The Kier molecular flexibility index (Phi) is 4.87. The molecule has 3 heteroatoms. The first-order valence-electron chi connectivity index (χ1n) is 12.2. The van der Waals surface area contributed by atoms with Crippen LogP contribution in [0.1, 0.15) is 72.1 Å². The Balaban J connectivity index is 1.52. The summed E-state index contributed by atoms with van der Waals surface area (Å²) < 4.78 is 6.40. The monoisotopic (exact) mass is 400 g/mol. The van der Waals surface area contributed by atoms with E-state index < -0.39 is 0 Å². The summed E-state index contributed by atoms with van der Waals surface area (Å²) in [4.78, 5) is 0. The van der Waals surface area contributed by atoms with E-state index in [2.05, 4.69) is 33.1 Å². The molecule has 0 bridgehead atoms. The molecule has 1 saturated heterocycles. The van der Waals surface area contributed by atoms with Crippen LogP contribution in [0.25, 0.3) is 0 Å². The topological polar surface area (TPSA) is 53.0 Å². The molecule has 1 aliphatic heterocycles. The summed E-state index contributed by atoms with van der Waals surface area (Å²) in [6, 6.07) is 0. The van der Waals surface area contributed by atoms with Crippen LogP contribution in [0.5, 0.6) is 0 Å². The van der Waals surface area contributed by atoms with Crippen LogP contribution in [0.3, 0.4) is 0 Å². The van der Waals surface area contributed by atoms with Crippen LogP contribution >= 0.6 is 0 Å². The molecular weight excluding hydrogens is 360 g/mol. The maximum Gasteiger partial charge on any atom is 0.113 e. The first-order chi connectivity index (χ1) is 13.8. The molecule has 3 nitrogen and oxygen atoms in total. The quantitative estimate of drug-likeness (QED) is 0.532. The summed E-state index contributed by atoms with van der Waals surface area (Å²) in [5.41, 5.74) is 5.21. The van der Waals surface area contributed by atoms with E-state index in [4.69, 9.17) is 4.74 Å². The Morgan fingerprint density at radius 3 is 2.59 bits per heavy atom. The molecule has 11 atom stereocenters. The van der Waals surface area contributed by atoms with E-state index in [0.717, 1.165) is 37.5 Å². The molecule has 5 fully saturated rings. The summed E-state index contributed by atoms with van der Waals surface area (Å²) in [7, 11) is 0. The van der Waals surface area contributed by atoms with Crippen molar-refractivity contribution in [2.75, 3.05) is 6.61 Å². The largest absolute Gasteiger partial charge is 0.396 e. The van der Waals surface area contributed by atoms with E-state index in [9.17, 15) is 10.2 Å². The van der Waals surface area contributed by atoms with Crippen molar-refractivity contribution in [2.24, 2.45) is 46.3 Å². The zero-order valence-electron chi connectivity index (χ0n) is 18.6. The highest BCUT2D eigenvalue weighted by Crippen LogP contribution is 2.70. The van der Waals surface area contributed by atoms with Crippen molar-refractivity contribution in [3.8, 4) is 0 Å². The van der Waals surface area contributed by atoms with E-state index in [0.29, 0.717) is 41.8 Å². The number of aliphatic hydroxyl groups excluding tert-OH is 2. The van der Waals surface area contributed by atoms with Crippen molar-refractivity contribution in [1.29, 1.82) is 0 Å². The number of aliphatic hydroxyl groups is 2. The van der Waals surface area contributed by atoms with Crippen molar-refractivity contribution in [2.45, 2.75) is 90.4 Å². The van der Waals surface area contributed by atoms with Gasteiger partial charge in [-0.05, 0) is 97.7 Å². The summed E-state index contributed by atoms with van der Waals surface area (Å²) in [6.45, 7) is 11.8. The van der Waals surface area contributed by atoms with Gasteiger partial charge in [-0.15, -0.1) is 5.73 Å². The molecule has 5 rings (SSSR count).